The van der Waals surface area contributed by atoms with Gasteiger partial charge < -0.3 is 10.5 Å². The van der Waals surface area contributed by atoms with Crippen LogP contribution in [0.15, 0.2) is 6.07 Å². The molecule has 0 fully saturated rings. The molecule has 0 atom stereocenters. The summed E-state index contributed by atoms with van der Waals surface area (Å²) in [4.78, 5) is 3.55. The number of ether oxygens (including phenoxy) is 1. The number of rotatable bonds is 2. The van der Waals surface area contributed by atoms with Crippen molar-refractivity contribution in [1.82, 2.24) is 4.98 Å². The summed E-state index contributed by atoms with van der Waals surface area (Å²) in [6.07, 6.45) is -2.82. The lowest BCUT2D eigenvalue weighted by Gasteiger charge is -2.07. The summed E-state index contributed by atoms with van der Waals surface area (Å²) in [5, 5.41) is 8.59. The van der Waals surface area contributed by atoms with E-state index < -0.39 is 12.0 Å². The van der Waals surface area contributed by atoms with E-state index in [1.54, 1.807) is 6.07 Å². The van der Waals surface area contributed by atoms with Crippen molar-refractivity contribution in [2.24, 2.45) is 0 Å². The number of alkyl halides is 2. The van der Waals surface area contributed by atoms with E-state index in [-0.39, 0.29) is 17.3 Å². The predicted molar refractivity (Wildman–Crippen MR) is 44.9 cm³/mol. The molecule has 1 aromatic rings. The van der Waals surface area contributed by atoms with Gasteiger partial charge in [0.2, 0.25) is 5.88 Å². The Hall–Kier alpha value is -1.90. The Labute approximate surface area is 78.9 Å². The quantitative estimate of drug-likeness (QED) is 0.782. The van der Waals surface area contributed by atoms with Crippen LogP contribution in [0.2, 0.25) is 0 Å². The molecule has 2 N–H and O–H groups in total. The molecule has 0 aliphatic heterocycles. The van der Waals surface area contributed by atoms with Crippen LogP contribution in [0, 0.1) is 11.3 Å². The van der Waals surface area contributed by atoms with E-state index in [2.05, 4.69) is 9.72 Å². The summed E-state index contributed by atoms with van der Waals surface area (Å²) in [6, 6.07) is 2.74. The first-order valence-electron chi connectivity index (χ1n) is 3.62. The van der Waals surface area contributed by atoms with Crippen LogP contribution < -0.4 is 10.5 Å². The molecule has 0 unspecified atom stereocenters. The highest BCUT2D eigenvalue weighted by molar-refractivity contribution is 5.53. The topological polar surface area (TPSA) is 71.9 Å². The number of hydrogen-bond acceptors (Lipinski definition) is 4. The Morgan fingerprint density at radius 1 is 1.64 bits per heavy atom. The number of hydrogen-bond donors (Lipinski definition) is 1. The number of anilines is 1. The molecule has 0 spiro atoms. The van der Waals surface area contributed by atoms with E-state index >= 15 is 0 Å². The number of halogens is 2. The molecule has 0 aromatic carbocycles. The van der Waals surface area contributed by atoms with Gasteiger partial charge in [0.05, 0.1) is 24.3 Å². The Bertz CT molecular complexity index is 387. The number of nitriles is 1. The first-order valence-corrected chi connectivity index (χ1v) is 3.62. The van der Waals surface area contributed by atoms with Crippen molar-refractivity contribution in [1.29, 1.82) is 5.26 Å². The highest BCUT2D eigenvalue weighted by Gasteiger charge is 2.19. The van der Waals surface area contributed by atoms with E-state index in [0.29, 0.717) is 0 Å². The van der Waals surface area contributed by atoms with Crippen LogP contribution in [-0.4, -0.2) is 12.1 Å². The van der Waals surface area contributed by atoms with Gasteiger partial charge in [-0.1, -0.05) is 0 Å². The van der Waals surface area contributed by atoms with Crippen molar-refractivity contribution in [3.8, 4) is 11.9 Å². The van der Waals surface area contributed by atoms with Gasteiger partial charge in [0.25, 0.3) is 6.43 Å². The van der Waals surface area contributed by atoms with E-state index in [0.717, 1.165) is 6.07 Å². The summed E-state index contributed by atoms with van der Waals surface area (Å²) in [7, 11) is 1.31. The molecule has 0 radical (unpaired) electrons. The Kier molecular flexibility index (Phi) is 2.82. The molecule has 6 heteroatoms. The van der Waals surface area contributed by atoms with E-state index in [9.17, 15) is 8.78 Å². The monoisotopic (exact) mass is 199 g/mol. The maximum absolute atomic E-state index is 12.4. The zero-order valence-corrected chi connectivity index (χ0v) is 7.29. The van der Waals surface area contributed by atoms with E-state index in [1.807, 2.05) is 0 Å². The lowest BCUT2D eigenvalue weighted by Crippen LogP contribution is -2.03. The molecule has 0 aliphatic rings. The van der Waals surface area contributed by atoms with Crippen LogP contribution >= 0.6 is 0 Å². The van der Waals surface area contributed by atoms with Gasteiger partial charge in [0.15, 0.2) is 0 Å². The molecule has 14 heavy (non-hydrogen) atoms. The SMILES string of the molecule is COc1cc(C#N)c(C(F)F)c(N)n1. The fourth-order valence-corrected chi connectivity index (χ4v) is 0.977. The van der Waals surface area contributed by atoms with Gasteiger partial charge in [-0.05, 0) is 0 Å². The predicted octanol–water partition coefficient (Wildman–Crippen LogP) is 1.48. The zero-order valence-electron chi connectivity index (χ0n) is 7.29. The number of nitrogens with zero attached hydrogens (tertiary/aromatic N) is 2. The van der Waals surface area contributed by atoms with Crippen molar-refractivity contribution >= 4 is 5.82 Å². The van der Waals surface area contributed by atoms with Crippen molar-refractivity contribution in [2.45, 2.75) is 6.43 Å². The third-order valence-electron chi connectivity index (χ3n) is 1.61. The second-order valence-corrected chi connectivity index (χ2v) is 2.42. The molecule has 0 saturated carbocycles. The second-order valence-electron chi connectivity index (χ2n) is 2.42. The minimum Gasteiger partial charge on any atom is -0.481 e. The summed E-state index contributed by atoms with van der Waals surface area (Å²) in [5.41, 5.74) is 4.49. The molecule has 0 bridgehead atoms. The molecule has 74 valence electrons. The highest BCUT2D eigenvalue weighted by Crippen LogP contribution is 2.29. The van der Waals surface area contributed by atoms with Crippen LogP contribution in [0.5, 0.6) is 5.88 Å². The largest absolute Gasteiger partial charge is 0.481 e. The number of methoxy groups -OCH3 is 1. The third kappa shape index (κ3) is 1.71. The average Bonchev–Trinajstić information content (AvgIpc) is 2.15. The minimum atomic E-state index is -2.82. The number of nitrogens with two attached hydrogens (primary N) is 1. The molecular weight excluding hydrogens is 192 g/mol. The van der Waals surface area contributed by atoms with Gasteiger partial charge in [-0.2, -0.15) is 10.2 Å². The lowest BCUT2D eigenvalue weighted by molar-refractivity contribution is 0.151. The zero-order chi connectivity index (χ0) is 10.7. The molecule has 0 saturated heterocycles. The molecule has 1 aromatic heterocycles. The van der Waals surface area contributed by atoms with Gasteiger partial charge in [0, 0.05) is 6.07 Å². The minimum absolute atomic E-state index is 0.0449. The van der Waals surface area contributed by atoms with Gasteiger partial charge in [-0.3, -0.25) is 0 Å². The molecular formula is C8H7F2N3O. The Morgan fingerprint density at radius 3 is 2.71 bits per heavy atom. The van der Waals surface area contributed by atoms with Gasteiger partial charge in [-0.15, -0.1) is 0 Å². The molecule has 1 heterocycles. The van der Waals surface area contributed by atoms with Crippen LogP contribution in [0.3, 0.4) is 0 Å². The van der Waals surface area contributed by atoms with Crippen LogP contribution in [-0.2, 0) is 0 Å². The van der Waals surface area contributed by atoms with Crippen LogP contribution in [0.4, 0.5) is 14.6 Å². The van der Waals surface area contributed by atoms with Gasteiger partial charge >= 0.3 is 0 Å². The lowest BCUT2D eigenvalue weighted by atomic mass is 10.1. The maximum atomic E-state index is 12.4. The number of nitrogen functional groups attached to an aromatic ring is 1. The Balaban J connectivity index is 3.37. The number of pyridine rings is 1. The summed E-state index contributed by atoms with van der Waals surface area (Å²) < 4.78 is 29.5. The summed E-state index contributed by atoms with van der Waals surface area (Å²) in [5.74, 6) is -0.334. The van der Waals surface area contributed by atoms with Crippen LogP contribution in [0.25, 0.3) is 0 Å². The molecule has 0 amide bonds. The molecule has 4 nitrogen and oxygen atoms in total. The Morgan fingerprint density at radius 2 is 2.29 bits per heavy atom. The van der Waals surface area contributed by atoms with Crippen molar-refractivity contribution in [2.75, 3.05) is 12.8 Å². The first kappa shape index (κ1) is 10.2. The standard InChI is InChI=1S/C8H7F2N3O/c1-14-5-2-4(3-11)6(7(9)10)8(12)13-5/h2,7H,1H3,(H2,12,13). The van der Waals surface area contributed by atoms with E-state index in [4.69, 9.17) is 11.0 Å². The average molecular weight is 199 g/mol. The molecule has 1 rings (SSSR count). The highest BCUT2D eigenvalue weighted by atomic mass is 19.3. The van der Waals surface area contributed by atoms with Crippen LogP contribution in [0.1, 0.15) is 17.6 Å². The fourth-order valence-electron chi connectivity index (χ4n) is 0.977. The third-order valence-corrected chi connectivity index (χ3v) is 1.61. The summed E-state index contributed by atoms with van der Waals surface area (Å²) >= 11 is 0. The smallest absolute Gasteiger partial charge is 0.268 e. The normalized spacial score (nSPS) is 9.93. The first-order chi connectivity index (χ1) is 6.60. The van der Waals surface area contributed by atoms with Gasteiger partial charge in [-0.25, -0.2) is 8.78 Å². The van der Waals surface area contributed by atoms with Crippen molar-refractivity contribution in [3.05, 3.63) is 17.2 Å². The molecule has 0 aliphatic carbocycles. The van der Waals surface area contributed by atoms with Gasteiger partial charge in [0.1, 0.15) is 5.82 Å². The fraction of sp³-hybridized carbons (Fsp3) is 0.250. The van der Waals surface area contributed by atoms with E-state index in [1.165, 1.54) is 7.11 Å². The summed E-state index contributed by atoms with van der Waals surface area (Å²) in [6.45, 7) is 0. The number of aromatic nitrogens is 1. The second kappa shape index (κ2) is 3.87. The van der Waals surface area contributed by atoms with Crippen molar-refractivity contribution in [3.63, 3.8) is 0 Å². The van der Waals surface area contributed by atoms with Crippen molar-refractivity contribution < 1.29 is 13.5 Å². The maximum Gasteiger partial charge on any atom is 0.268 e.